The van der Waals surface area contributed by atoms with Crippen molar-refractivity contribution in [2.24, 2.45) is 0 Å². The van der Waals surface area contributed by atoms with Gasteiger partial charge in [-0.15, -0.1) is 0 Å². The van der Waals surface area contributed by atoms with Gasteiger partial charge in [-0.25, -0.2) is 0 Å². The fourth-order valence-corrected chi connectivity index (χ4v) is 5.87. The molecule has 0 saturated heterocycles. The molecule has 0 saturated carbocycles. The van der Waals surface area contributed by atoms with Gasteiger partial charge < -0.3 is 14.2 Å². The van der Waals surface area contributed by atoms with E-state index in [-0.39, 0.29) is 31.6 Å². The molecule has 0 spiro atoms. The van der Waals surface area contributed by atoms with Gasteiger partial charge in [-0.05, 0) is 96.3 Å². The summed E-state index contributed by atoms with van der Waals surface area (Å²) in [7, 11) is 0. The van der Waals surface area contributed by atoms with Crippen molar-refractivity contribution in [3.05, 3.63) is 109 Å². The van der Waals surface area contributed by atoms with Crippen LogP contribution in [0.25, 0.3) is 0 Å². The normalized spacial score (nSPS) is 13.2. The van der Waals surface area contributed by atoms with Gasteiger partial charge in [0.15, 0.2) is 6.10 Å². The smallest absolute Gasteiger partial charge is 0.309 e. The summed E-state index contributed by atoms with van der Waals surface area (Å²) in [5, 5.41) is 0. The van der Waals surface area contributed by atoms with Crippen molar-refractivity contribution in [3.8, 4) is 0 Å². The van der Waals surface area contributed by atoms with Crippen LogP contribution in [-0.4, -0.2) is 37.9 Å². The fourth-order valence-electron chi connectivity index (χ4n) is 5.87. The minimum Gasteiger partial charge on any atom is -0.461 e. The third-order valence-electron chi connectivity index (χ3n) is 9.31. The summed E-state index contributed by atoms with van der Waals surface area (Å²) in [5.74, 6) is -0.575. The summed E-state index contributed by atoms with van der Waals surface area (Å²) in [4.78, 5) is 25.2. The maximum absolute atomic E-state index is 12.7. The SMILES string of the molecule is CC/C=C\C/C=C\C/C=C\C/C=C\C/C=C\CC(=O)OCC(COCCCCCCCC/C=C\CCCC)OC(=O)CCCCCCC/C=C\C/C=C\C/C=C\CC. The Bertz CT molecular complexity index is 1180. The molecule has 1 atom stereocenters. The fraction of sp³-hybridized carbons (Fsp3) is 0.623. The third-order valence-corrected chi connectivity index (χ3v) is 9.31. The Morgan fingerprint density at radius 3 is 1.34 bits per heavy atom. The Morgan fingerprint density at radius 2 is 0.828 bits per heavy atom. The second kappa shape index (κ2) is 47.9. The molecule has 5 heteroatoms. The van der Waals surface area contributed by atoms with E-state index in [1.165, 1.54) is 57.8 Å². The highest BCUT2D eigenvalue weighted by Gasteiger charge is 2.17. The van der Waals surface area contributed by atoms with Gasteiger partial charge in [0.25, 0.3) is 0 Å². The van der Waals surface area contributed by atoms with Crippen LogP contribution < -0.4 is 0 Å². The number of carbonyl (C=O) groups excluding carboxylic acids is 2. The molecule has 0 aliphatic rings. The molecule has 0 heterocycles. The Hall–Kier alpha value is -3.44. The van der Waals surface area contributed by atoms with Gasteiger partial charge in [-0.3, -0.25) is 9.59 Å². The van der Waals surface area contributed by atoms with Crippen LogP contribution in [0.2, 0.25) is 0 Å². The Balaban J connectivity index is 4.45. The van der Waals surface area contributed by atoms with E-state index in [0.717, 1.165) is 96.3 Å². The summed E-state index contributed by atoms with van der Waals surface area (Å²) in [6, 6.07) is 0. The lowest BCUT2D eigenvalue weighted by Crippen LogP contribution is -2.30. The number of rotatable bonds is 41. The average Bonchev–Trinajstić information content (AvgIpc) is 3.22. The van der Waals surface area contributed by atoms with Crippen molar-refractivity contribution < 1.29 is 23.8 Å². The number of allylic oxidation sites excluding steroid dienone is 17. The van der Waals surface area contributed by atoms with Crippen LogP contribution in [0.4, 0.5) is 0 Å². The lowest BCUT2D eigenvalue weighted by molar-refractivity contribution is -0.162. The molecule has 0 fully saturated rings. The van der Waals surface area contributed by atoms with Crippen molar-refractivity contribution in [2.75, 3.05) is 19.8 Å². The molecule has 0 N–H and O–H groups in total. The number of hydrogen-bond acceptors (Lipinski definition) is 5. The molecule has 328 valence electrons. The molecule has 0 aromatic rings. The second-order valence-corrected chi connectivity index (χ2v) is 14.9. The Labute approximate surface area is 357 Å². The van der Waals surface area contributed by atoms with E-state index < -0.39 is 6.10 Å². The van der Waals surface area contributed by atoms with Gasteiger partial charge >= 0.3 is 11.9 Å². The predicted molar refractivity (Wildman–Crippen MR) is 251 cm³/mol. The van der Waals surface area contributed by atoms with Crippen LogP contribution in [0.5, 0.6) is 0 Å². The molecule has 0 radical (unpaired) electrons. The van der Waals surface area contributed by atoms with Crippen molar-refractivity contribution >= 4 is 11.9 Å². The zero-order valence-electron chi connectivity index (χ0n) is 37.5. The zero-order chi connectivity index (χ0) is 42.1. The summed E-state index contributed by atoms with van der Waals surface area (Å²) in [5.41, 5.74) is 0. The lowest BCUT2D eigenvalue weighted by Gasteiger charge is -2.18. The summed E-state index contributed by atoms with van der Waals surface area (Å²) < 4.78 is 17.2. The number of hydrogen-bond donors (Lipinski definition) is 0. The van der Waals surface area contributed by atoms with Crippen LogP contribution in [0, 0.1) is 0 Å². The summed E-state index contributed by atoms with van der Waals surface area (Å²) in [6.07, 6.45) is 65.4. The highest BCUT2D eigenvalue weighted by Crippen LogP contribution is 2.11. The molecule has 58 heavy (non-hydrogen) atoms. The number of carbonyl (C=O) groups is 2. The molecule has 5 nitrogen and oxygen atoms in total. The molecule has 0 aromatic heterocycles. The van der Waals surface area contributed by atoms with Crippen LogP contribution >= 0.6 is 0 Å². The quantitative estimate of drug-likeness (QED) is 0.0350. The maximum atomic E-state index is 12.7. The molecule has 1 unspecified atom stereocenters. The van der Waals surface area contributed by atoms with Gasteiger partial charge in [-0.2, -0.15) is 0 Å². The molecular weight excluding hydrogens is 717 g/mol. The van der Waals surface area contributed by atoms with E-state index in [2.05, 4.69) is 118 Å². The highest BCUT2D eigenvalue weighted by molar-refractivity contribution is 5.71. The van der Waals surface area contributed by atoms with Crippen molar-refractivity contribution in [1.82, 2.24) is 0 Å². The van der Waals surface area contributed by atoms with Crippen molar-refractivity contribution in [2.45, 2.75) is 194 Å². The first-order valence-electron chi connectivity index (χ1n) is 23.4. The van der Waals surface area contributed by atoms with Gasteiger partial charge in [0.1, 0.15) is 6.61 Å². The van der Waals surface area contributed by atoms with Crippen LogP contribution in [0.15, 0.2) is 109 Å². The molecular formula is C53H86O5. The number of unbranched alkanes of at least 4 members (excludes halogenated alkanes) is 13. The molecule has 0 aliphatic heterocycles. The summed E-state index contributed by atoms with van der Waals surface area (Å²) >= 11 is 0. The first-order valence-corrected chi connectivity index (χ1v) is 23.4. The van der Waals surface area contributed by atoms with Crippen molar-refractivity contribution in [3.63, 3.8) is 0 Å². The summed E-state index contributed by atoms with van der Waals surface area (Å²) in [6.45, 7) is 7.41. The number of ether oxygens (including phenoxy) is 3. The van der Waals surface area contributed by atoms with Crippen molar-refractivity contribution in [1.29, 1.82) is 0 Å². The van der Waals surface area contributed by atoms with Crippen LogP contribution in [0.1, 0.15) is 188 Å². The van der Waals surface area contributed by atoms with Gasteiger partial charge in [-0.1, -0.05) is 188 Å². The van der Waals surface area contributed by atoms with E-state index in [4.69, 9.17) is 14.2 Å². The lowest BCUT2D eigenvalue weighted by atomic mass is 10.1. The van der Waals surface area contributed by atoms with E-state index in [9.17, 15) is 9.59 Å². The third kappa shape index (κ3) is 45.3. The first kappa shape index (κ1) is 54.6. The van der Waals surface area contributed by atoms with Gasteiger partial charge in [0.05, 0.1) is 13.0 Å². The van der Waals surface area contributed by atoms with E-state index in [1.54, 1.807) is 0 Å². The van der Waals surface area contributed by atoms with Gasteiger partial charge in [0.2, 0.25) is 0 Å². The molecule has 0 aromatic carbocycles. The maximum Gasteiger partial charge on any atom is 0.309 e. The largest absolute Gasteiger partial charge is 0.461 e. The molecule has 0 aliphatic carbocycles. The highest BCUT2D eigenvalue weighted by atomic mass is 16.6. The topological polar surface area (TPSA) is 61.8 Å². The number of esters is 2. The first-order chi connectivity index (χ1) is 28.6. The van der Waals surface area contributed by atoms with E-state index >= 15 is 0 Å². The zero-order valence-corrected chi connectivity index (χ0v) is 37.5. The molecule has 0 bridgehead atoms. The van der Waals surface area contributed by atoms with Gasteiger partial charge in [0, 0.05) is 13.0 Å². The van der Waals surface area contributed by atoms with E-state index in [0.29, 0.717) is 13.0 Å². The molecule has 0 rings (SSSR count). The minimum absolute atomic E-state index is 0.0153. The van der Waals surface area contributed by atoms with Crippen LogP contribution in [0.3, 0.4) is 0 Å². The monoisotopic (exact) mass is 803 g/mol. The minimum atomic E-state index is -0.593. The molecule has 0 amide bonds. The predicted octanol–water partition coefficient (Wildman–Crippen LogP) is 15.7. The Morgan fingerprint density at radius 1 is 0.414 bits per heavy atom. The Kier molecular flexibility index (Phi) is 45.1. The van der Waals surface area contributed by atoms with Crippen LogP contribution in [-0.2, 0) is 23.8 Å². The van der Waals surface area contributed by atoms with E-state index in [1.807, 2.05) is 12.2 Å². The average molecular weight is 803 g/mol. The second-order valence-electron chi connectivity index (χ2n) is 14.9. The standard InChI is InChI=1S/C53H86O5/c1-4-7-10-13-16-19-22-25-27-29-31-34-37-40-43-46-52(54)57-50-51(49-56-48-45-42-39-36-33-24-21-18-15-12-9-6-3)58-53(55)47-44-41-38-35-32-30-28-26-23-20-17-14-11-8-5-2/h7-8,10-11,15-20,25-28,31,34,40,43,51H,4-6,9,12-14,21-24,29-30,32-33,35-39,41-42,44-50H2,1-3H3/b10-7-,11-8-,18-15-,19-16-,20-17-,27-25-,28-26-,34-31-,43-40-.